The van der Waals surface area contributed by atoms with Crippen molar-refractivity contribution in [1.29, 1.82) is 0 Å². The molecule has 0 spiro atoms. The number of carbonyl (C=O) groups excluding carboxylic acids is 1. The van der Waals surface area contributed by atoms with Gasteiger partial charge in [-0.05, 0) is 25.8 Å². The van der Waals surface area contributed by atoms with Crippen molar-refractivity contribution in [2.45, 2.75) is 26.3 Å². The summed E-state index contributed by atoms with van der Waals surface area (Å²) >= 11 is 0. The van der Waals surface area contributed by atoms with Gasteiger partial charge in [0.15, 0.2) is 0 Å². The SMILES string of the molecule is CCOC(=O)N[C@@H](C)Cc1ccccc1. The van der Waals surface area contributed by atoms with E-state index in [1.165, 1.54) is 5.56 Å². The molecule has 1 amide bonds. The fourth-order valence-electron chi connectivity index (χ4n) is 1.39. The molecule has 82 valence electrons. The summed E-state index contributed by atoms with van der Waals surface area (Å²) in [5.74, 6) is 0. The lowest BCUT2D eigenvalue weighted by Gasteiger charge is -2.13. The predicted molar refractivity (Wildman–Crippen MR) is 59.8 cm³/mol. The van der Waals surface area contributed by atoms with E-state index in [0.29, 0.717) is 6.61 Å². The molecule has 15 heavy (non-hydrogen) atoms. The van der Waals surface area contributed by atoms with E-state index >= 15 is 0 Å². The minimum atomic E-state index is -0.346. The molecule has 0 saturated carbocycles. The zero-order valence-electron chi connectivity index (χ0n) is 9.19. The van der Waals surface area contributed by atoms with Gasteiger partial charge in [-0.3, -0.25) is 0 Å². The Balaban J connectivity index is 2.36. The number of hydrogen-bond donors (Lipinski definition) is 1. The van der Waals surface area contributed by atoms with Crippen LogP contribution < -0.4 is 5.32 Å². The zero-order chi connectivity index (χ0) is 11.1. The Morgan fingerprint density at radius 3 is 2.67 bits per heavy atom. The third kappa shape index (κ3) is 4.49. The van der Waals surface area contributed by atoms with E-state index in [1.54, 1.807) is 6.92 Å². The average molecular weight is 207 g/mol. The maximum Gasteiger partial charge on any atom is 0.407 e. The van der Waals surface area contributed by atoms with E-state index in [9.17, 15) is 4.79 Å². The topological polar surface area (TPSA) is 38.3 Å². The second-order valence-electron chi connectivity index (χ2n) is 3.46. The molecule has 1 atom stereocenters. The first-order chi connectivity index (χ1) is 7.22. The number of amides is 1. The van der Waals surface area contributed by atoms with Crippen LogP contribution in [0.1, 0.15) is 19.4 Å². The lowest BCUT2D eigenvalue weighted by atomic mass is 10.1. The van der Waals surface area contributed by atoms with Gasteiger partial charge in [0.1, 0.15) is 0 Å². The van der Waals surface area contributed by atoms with E-state index in [4.69, 9.17) is 4.74 Å². The van der Waals surface area contributed by atoms with Crippen LogP contribution in [0, 0.1) is 0 Å². The monoisotopic (exact) mass is 207 g/mol. The van der Waals surface area contributed by atoms with Gasteiger partial charge in [0, 0.05) is 6.04 Å². The van der Waals surface area contributed by atoms with Crippen LogP contribution in [-0.2, 0) is 11.2 Å². The predicted octanol–water partition coefficient (Wildman–Crippen LogP) is 2.36. The molecule has 0 saturated heterocycles. The van der Waals surface area contributed by atoms with Crippen LogP contribution >= 0.6 is 0 Å². The van der Waals surface area contributed by atoms with Crippen molar-refractivity contribution >= 4 is 6.09 Å². The minimum Gasteiger partial charge on any atom is -0.450 e. The third-order valence-electron chi connectivity index (χ3n) is 2.02. The van der Waals surface area contributed by atoms with Gasteiger partial charge in [-0.1, -0.05) is 30.3 Å². The molecule has 0 heterocycles. The Morgan fingerprint density at radius 1 is 1.40 bits per heavy atom. The number of benzene rings is 1. The standard InChI is InChI=1S/C12H17NO2/c1-3-15-12(14)13-10(2)9-11-7-5-4-6-8-11/h4-8,10H,3,9H2,1-2H3,(H,13,14)/t10-/m0/s1. The van der Waals surface area contributed by atoms with Gasteiger partial charge in [-0.25, -0.2) is 4.79 Å². The van der Waals surface area contributed by atoms with Crippen LogP contribution in [0.15, 0.2) is 30.3 Å². The van der Waals surface area contributed by atoms with Gasteiger partial charge in [-0.2, -0.15) is 0 Å². The minimum absolute atomic E-state index is 0.0893. The first-order valence-corrected chi connectivity index (χ1v) is 5.19. The number of nitrogens with one attached hydrogen (secondary N) is 1. The molecule has 0 fully saturated rings. The molecule has 0 unspecified atom stereocenters. The van der Waals surface area contributed by atoms with Crippen molar-refractivity contribution in [3.8, 4) is 0 Å². The number of hydrogen-bond acceptors (Lipinski definition) is 2. The smallest absolute Gasteiger partial charge is 0.407 e. The molecule has 1 rings (SSSR count). The molecule has 0 aromatic heterocycles. The number of rotatable bonds is 4. The number of ether oxygens (including phenoxy) is 1. The molecule has 1 aromatic carbocycles. The van der Waals surface area contributed by atoms with Crippen molar-refractivity contribution in [2.24, 2.45) is 0 Å². The second kappa shape index (κ2) is 6.06. The molecular weight excluding hydrogens is 190 g/mol. The first-order valence-electron chi connectivity index (χ1n) is 5.19. The lowest BCUT2D eigenvalue weighted by Crippen LogP contribution is -2.34. The molecule has 0 radical (unpaired) electrons. The Bertz CT molecular complexity index is 298. The first kappa shape index (κ1) is 11.6. The van der Waals surface area contributed by atoms with Crippen molar-refractivity contribution in [3.63, 3.8) is 0 Å². The summed E-state index contributed by atoms with van der Waals surface area (Å²) < 4.78 is 4.80. The van der Waals surface area contributed by atoms with Crippen LogP contribution in [0.4, 0.5) is 4.79 Å². The highest BCUT2D eigenvalue weighted by Gasteiger charge is 2.07. The molecule has 0 aliphatic heterocycles. The van der Waals surface area contributed by atoms with E-state index in [0.717, 1.165) is 6.42 Å². The lowest BCUT2D eigenvalue weighted by molar-refractivity contribution is 0.149. The van der Waals surface area contributed by atoms with Crippen LogP contribution in [0.5, 0.6) is 0 Å². The van der Waals surface area contributed by atoms with E-state index in [-0.39, 0.29) is 12.1 Å². The Labute approximate surface area is 90.4 Å². The summed E-state index contributed by atoms with van der Waals surface area (Å²) in [5.41, 5.74) is 1.21. The highest BCUT2D eigenvalue weighted by atomic mass is 16.5. The summed E-state index contributed by atoms with van der Waals surface area (Å²) in [6.45, 7) is 4.16. The van der Waals surface area contributed by atoms with Gasteiger partial charge in [-0.15, -0.1) is 0 Å². The van der Waals surface area contributed by atoms with Crippen molar-refractivity contribution in [1.82, 2.24) is 5.32 Å². The fraction of sp³-hybridized carbons (Fsp3) is 0.417. The Hall–Kier alpha value is -1.51. The summed E-state index contributed by atoms with van der Waals surface area (Å²) in [5, 5.41) is 2.77. The molecule has 3 nitrogen and oxygen atoms in total. The molecule has 3 heteroatoms. The highest BCUT2D eigenvalue weighted by Crippen LogP contribution is 2.02. The molecule has 0 aliphatic rings. The molecule has 1 aromatic rings. The number of alkyl carbamates (subject to hydrolysis) is 1. The quantitative estimate of drug-likeness (QED) is 0.823. The fourth-order valence-corrected chi connectivity index (χ4v) is 1.39. The molecule has 0 aliphatic carbocycles. The maximum atomic E-state index is 11.1. The van der Waals surface area contributed by atoms with Gasteiger partial charge in [0.05, 0.1) is 6.61 Å². The van der Waals surface area contributed by atoms with Gasteiger partial charge < -0.3 is 10.1 Å². The van der Waals surface area contributed by atoms with Crippen molar-refractivity contribution in [3.05, 3.63) is 35.9 Å². The number of carbonyl (C=O) groups is 1. The van der Waals surface area contributed by atoms with E-state index in [2.05, 4.69) is 5.32 Å². The summed E-state index contributed by atoms with van der Waals surface area (Å²) in [7, 11) is 0. The average Bonchev–Trinajstić information content (AvgIpc) is 2.19. The van der Waals surface area contributed by atoms with Gasteiger partial charge in [0.25, 0.3) is 0 Å². The normalized spacial score (nSPS) is 11.9. The van der Waals surface area contributed by atoms with Crippen molar-refractivity contribution in [2.75, 3.05) is 6.61 Å². The van der Waals surface area contributed by atoms with Gasteiger partial charge in [0.2, 0.25) is 0 Å². The van der Waals surface area contributed by atoms with Crippen LogP contribution in [-0.4, -0.2) is 18.7 Å². The van der Waals surface area contributed by atoms with Crippen molar-refractivity contribution < 1.29 is 9.53 Å². The molecule has 0 bridgehead atoms. The van der Waals surface area contributed by atoms with Crippen LogP contribution in [0.2, 0.25) is 0 Å². The Kier molecular flexibility index (Phi) is 4.68. The summed E-state index contributed by atoms with van der Waals surface area (Å²) in [6, 6.07) is 10.1. The van der Waals surface area contributed by atoms with Gasteiger partial charge >= 0.3 is 6.09 Å². The van der Waals surface area contributed by atoms with Crippen LogP contribution in [0.3, 0.4) is 0 Å². The van der Waals surface area contributed by atoms with E-state index in [1.807, 2.05) is 37.3 Å². The molecule has 1 N–H and O–H groups in total. The largest absolute Gasteiger partial charge is 0.450 e. The second-order valence-corrected chi connectivity index (χ2v) is 3.46. The van der Waals surface area contributed by atoms with E-state index < -0.39 is 0 Å². The zero-order valence-corrected chi connectivity index (χ0v) is 9.19. The Morgan fingerprint density at radius 2 is 2.07 bits per heavy atom. The third-order valence-corrected chi connectivity index (χ3v) is 2.02. The van der Waals surface area contributed by atoms with Crippen LogP contribution in [0.25, 0.3) is 0 Å². The highest BCUT2D eigenvalue weighted by molar-refractivity contribution is 5.67. The summed E-state index contributed by atoms with van der Waals surface area (Å²) in [6.07, 6.45) is 0.473. The molecular formula is C12H17NO2. The summed E-state index contributed by atoms with van der Waals surface area (Å²) in [4.78, 5) is 11.1. The maximum absolute atomic E-state index is 11.1.